The monoisotopic (exact) mass is 192 g/mol. The summed E-state index contributed by atoms with van der Waals surface area (Å²) >= 11 is 6.11. The summed E-state index contributed by atoms with van der Waals surface area (Å²) in [6, 6.07) is 6.16. The molecule has 0 amide bonds. The number of halogens is 1. The van der Waals surface area contributed by atoms with Gasteiger partial charge >= 0.3 is 0 Å². The molecule has 1 atom stereocenters. The zero-order chi connectivity index (χ0) is 9.42. The van der Waals surface area contributed by atoms with Gasteiger partial charge in [-0.05, 0) is 36.5 Å². The molecule has 2 rings (SSSR count). The van der Waals surface area contributed by atoms with Gasteiger partial charge in [0.05, 0.1) is 0 Å². The molecule has 1 aliphatic rings. The Morgan fingerprint density at radius 2 is 2.15 bits per heavy atom. The van der Waals surface area contributed by atoms with Crippen molar-refractivity contribution in [2.45, 2.75) is 20.3 Å². The first-order valence-corrected chi connectivity index (χ1v) is 5.02. The van der Waals surface area contributed by atoms with Crippen molar-refractivity contribution in [3.63, 3.8) is 0 Å². The molecule has 0 spiro atoms. The molecule has 1 heteroatoms. The smallest absolute Gasteiger partial charge is 0.0481 e. The lowest BCUT2D eigenvalue weighted by Crippen LogP contribution is -2.07. The first-order valence-electron chi connectivity index (χ1n) is 4.64. The Morgan fingerprint density at radius 3 is 2.92 bits per heavy atom. The number of hydrogen-bond acceptors (Lipinski definition) is 0. The van der Waals surface area contributed by atoms with Crippen molar-refractivity contribution in [3.05, 3.63) is 39.9 Å². The van der Waals surface area contributed by atoms with E-state index in [1.807, 2.05) is 12.1 Å². The molecule has 0 nitrogen and oxygen atoms in total. The fourth-order valence-electron chi connectivity index (χ4n) is 1.78. The molecule has 0 fully saturated rings. The number of rotatable bonds is 0. The second-order valence-electron chi connectivity index (χ2n) is 3.81. The summed E-state index contributed by atoms with van der Waals surface area (Å²) in [5, 5.41) is 0.878. The van der Waals surface area contributed by atoms with Crippen molar-refractivity contribution in [3.8, 4) is 0 Å². The quantitative estimate of drug-likeness (QED) is 0.584. The molecule has 13 heavy (non-hydrogen) atoms. The van der Waals surface area contributed by atoms with Gasteiger partial charge in [0.2, 0.25) is 0 Å². The van der Waals surface area contributed by atoms with Crippen LogP contribution in [-0.4, -0.2) is 0 Å². The van der Waals surface area contributed by atoms with Crippen LogP contribution in [-0.2, 0) is 6.42 Å². The summed E-state index contributed by atoms with van der Waals surface area (Å²) in [6.45, 7) is 4.44. The van der Waals surface area contributed by atoms with E-state index >= 15 is 0 Å². The molecule has 1 aromatic rings. The SMILES string of the molecule is CC1=Cc2c(Cl)cccc2CC1C. The van der Waals surface area contributed by atoms with Crippen LogP contribution < -0.4 is 0 Å². The van der Waals surface area contributed by atoms with E-state index in [4.69, 9.17) is 11.6 Å². The topological polar surface area (TPSA) is 0 Å². The Labute approximate surface area is 84.2 Å². The van der Waals surface area contributed by atoms with Crippen LogP contribution in [0.15, 0.2) is 23.8 Å². The van der Waals surface area contributed by atoms with E-state index in [2.05, 4.69) is 26.0 Å². The first kappa shape index (κ1) is 8.83. The molecule has 0 heterocycles. The minimum Gasteiger partial charge on any atom is -0.0837 e. The average Bonchev–Trinajstić information content (AvgIpc) is 2.09. The molecule has 0 saturated heterocycles. The van der Waals surface area contributed by atoms with E-state index in [9.17, 15) is 0 Å². The molecule has 1 aliphatic carbocycles. The van der Waals surface area contributed by atoms with Gasteiger partial charge in [-0.1, -0.05) is 42.3 Å². The minimum atomic E-state index is 0.658. The molecule has 0 aromatic heterocycles. The fraction of sp³-hybridized carbons (Fsp3) is 0.333. The lowest BCUT2D eigenvalue weighted by atomic mass is 9.85. The summed E-state index contributed by atoms with van der Waals surface area (Å²) in [5.41, 5.74) is 4.03. The highest BCUT2D eigenvalue weighted by molar-refractivity contribution is 6.32. The number of allylic oxidation sites excluding steroid dienone is 1. The van der Waals surface area contributed by atoms with E-state index in [1.165, 1.54) is 16.7 Å². The zero-order valence-corrected chi connectivity index (χ0v) is 8.73. The molecule has 1 unspecified atom stereocenters. The Bertz CT molecular complexity index is 363. The Morgan fingerprint density at radius 1 is 1.38 bits per heavy atom. The lowest BCUT2D eigenvalue weighted by Gasteiger charge is -2.21. The van der Waals surface area contributed by atoms with Crippen molar-refractivity contribution in [1.82, 2.24) is 0 Å². The van der Waals surface area contributed by atoms with Crippen LogP contribution in [0.3, 0.4) is 0 Å². The van der Waals surface area contributed by atoms with Crippen molar-refractivity contribution < 1.29 is 0 Å². The van der Waals surface area contributed by atoms with Gasteiger partial charge in [0, 0.05) is 5.02 Å². The zero-order valence-electron chi connectivity index (χ0n) is 7.97. The standard InChI is InChI=1S/C12H13Cl/c1-8-6-10-4-3-5-12(13)11(10)7-9(8)2/h3-5,7-8H,6H2,1-2H3. The van der Waals surface area contributed by atoms with E-state index in [1.54, 1.807) is 0 Å². The lowest BCUT2D eigenvalue weighted by molar-refractivity contribution is 0.672. The second-order valence-corrected chi connectivity index (χ2v) is 4.21. The first-order chi connectivity index (χ1) is 6.18. The van der Waals surface area contributed by atoms with Gasteiger partial charge in [0.1, 0.15) is 0 Å². The van der Waals surface area contributed by atoms with Crippen molar-refractivity contribution in [2.75, 3.05) is 0 Å². The fourth-order valence-corrected chi connectivity index (χ4v) is 2.03. The second kappa shape index (κ2) is 3.19. The van der Waals surface area contributed by atoms with E-state index in [0.717, 1.165) is 11.4 Å². The number of hydrogen-bond donors (Lipinski definition) is 0. The largest absolute Gasteiger partial charge is 0.0837 e. The molecule has 68 valence electrons. The Hall–Kier alpha value is -0.750. The highest BCUT2D eigenvalue weighted by Gasteiger charge is 2.15. The third-order valence-corrected chi connectivity index (χ3v) is 3.15. The summed E-state index contributed by atoms with van der Waals surface area (Å²) in [7, 11) is 0. The van der Waals surface area contributed by atoms with Gasteiger partial charge in [-0.2, -0.15) is 0 Å². The predicted octanol–water partition coefficient (Wildman–Crippen LogP) is 3.94. The number of fused-ring (bicyclic) bond motifs is 1. The molecular formula is C12H13Cl. The molecule has 0 aliphatic heterocycles. The third kappa shape index (κ3) is 1.51. The van der Waals surface area contributed by atoms with E-state index in [-0.39, 0.29) is 0 Å². The van der Waals surface area contributed by atoms with Crippen LogP contribution in [0.4, 0.5) is 0 Å². The summed E-state index contributed by atoms with van der Waals surface area (Å²) in [6.07, 6.45) is 3.34. The van der Waals surface area contributed by atoms with Crippen LogP contribution in [0, 0.1) is 5.92 Å². The average molecular weight is 193 g/mol. The number of benzene rings is 1. The van der Waals surface area contributed by atoms with Crippen LogP contribution >= 0.6 is 11.6 Å². The molecular weight excluding hydrogens is 180 g/mol. The summed E-state index contributed by atoms with van der Waals surface area (Å²) in [4.78, 5) is 0. The molecule has 1 aromatic carbocycles. The van der Waals surface area contributed by atoms with Crippen LogP contribution in [0.25, 0.3) is 6.08 Å². The Balaban J connectivity index is 2.57. The molecule has 0 saturated carbocycles. The van der Waals surface area contributed by atoms with Crippen molar-refractivity contribution >= 4 is 17.7 Å². The third-order valence-electron chi connectivity index (χ3n) is 2.82. The summed E-state index contributed by atoms with van der Waals surface area (Å²) < 4.78 is 0. The van der Waals surface area contributed by atoms with Gasteiger partial charge in [-0.15, -0.1) is 0 Å². The van der Waals surface area contributed by atoms with Gasteiger partial charge in [0.15, 0.2) is 0 Å². The maximum Gasteiger partial charge on any atom is 0.0481 e. The molecule has 0 radical (unpaired) electrons. The van der Waals surface area contributed by atoms with Crippen molar-refractivity contribution in [1.29, 1.82) is 0 Å². The van der Waals surface area contributed by atoms with Crippen LogP contribution in [0.2, 0.25) is 5.02 Å². The van der Waals surface area contributed by atoms with Gasteiger partial charge in [-0.25, -0.2) is 0 Å². The van der Waals surface area contributed by atoms with E-state index in [0.29, 0.717) is 5.92 Å². The normalized spacial score (nSPS) is 20.8. The highest BCUT2D eigenvalue weighted by atomic mass is 35.5. The maximum atomic E-state index is 6.11. The van der Waals surface area contributed by atoms with Gasteiger partial charge in [-0.3, -0.25) is 0 Å². The van der Waals surface area contributed by atoms with Crippen LogP contribution in [0.5, 0.6) is 0 Å². The highest BCUT2D eigenvalue weighted by Crippen LogP contribution is 2.32. The predicted molar refractivity (Wildman–Crippen MR) is 58.0 cm³/mol. The Kier molecular flexibility index (Phi) is 2.17. The summed E-state index contributed by atoms with van der Waals surface area (Å²) in [5.74, 6) is 0.658. The van der Waals surface area contributed by atoms with Crippen molar-refractivity contribution in [2.24, 2.45) is 5.92 Å². The maximum absolute atomic E-state index is 6.11. The minimum absolute atomic E-state index is 0.658. The van der Waals surface area contributed by atoms with E-state index < -0.39 is 0 Å². The van der Waals surface area contributed by atoms with Crippen LogP contribution in [0.1, 0.15) is 25.0 Å². The molecule has 0 N–H and O–H groups in total. The van der Waals surface area contributed by atoms with Gasteiger partial charge < -0.3 is 0 Å². The van der Waals surface area contributed by atoms with Gasteiger partial charge in [0.25, 0.3) is 0 Å². The molecule has 0 bridgehead atoms.